The summed E-state index contributed by atoms with van der Waals surface area (Å²) >= 11 is 0. The van der Waals surface area contributed by atoms with E-state index in [1.54, 1.807) is 0 Å². The third kappa shape index (κ3) is 1.63. The third-order valence-electron chi connectivity index (χ3n) is 3.24. The molecule has 0 radical (unpaired) electrons. The molecular formula is C16H14N2. The van der Waals surface area contributed by atoms with Gasteiger partial charge in [-0.3, -0.25) is 0 Å². The van der Waals surface area contributed by atoms with E-state index in [9.17, 15) is 0 Å². The SMILES string of the molecule is Cc1c(N)nc2ccccc2c1-c1ccccc1. The van der Waals surface area contributed by atoms with Crippen LogP contribution in [0.1, 0.15) is 5.56 Å². The number of pyridine rings is 1. The molecule has 0 aliphatic rings. The van der Waals surface area contributed by atoms with Crippen LogP contribution in [0.3, 0.4) is 0 Å². The summed E-state index contributed by atoms with van der Waals surface area (Å²) in [7, 11) is 0. The van der Waals surface area contributed by atoms with Gasteiger partial charge in [0.2, 0.25) is 0 Å². The van der Waals surface area contributed by atoms with Crippen LogP contribution in [-0.2, 0) is 0 Å². The average molecular weight is 234 g/mol. The molecule has 2 heteroatoms. The Morgan fingerprint density at radius 1 is 0.889 bits per heavy atom. The summed E-state index contributed by atoms with van der Waals surface area (Å²) in [6.07, 6.45) is 0. The second-order valence-electron chi connectivity index (χ2n) is 4.38. The quantitative estimate of drug-likeness (QED) is 0.695. The molecule has 3 rings (SSSR count). The molecule has 0 saturated carbocycles. The minimum absolute atomic E-state index is 0.604. The zero-order valence-corrected chi connectivity index (χ0v) is 10.2. The lowest BCUT2D eigenvalue weighted by Gasteiger charge is -2.12. The Bertz CT molecular complexity index is 703. The van der Waals surface area contributed by atoms with Crippen LogP contribution < -0.4 is 5.73 Å². The van der Waals surface area contributed by atoms with Gasteiger partial charge in [0, 0.05) is 5.39 Å². The second-order valence-corrected chi connectivity index (χ2v) is 4.38. The highest BCUT2D eigenvalue weighted by molar-refractivity contribution is 5.98. The summed E-state index contributed by atoms with van der Waals surface area (Å²) < 4.78 is 0. The average Bonchev–Trinajstić information content (AvgIpc) is 2.41. The van der Waals surface area contributed by atoms with Gasteiger partial charge >= 0.3 is 0 Å². The Morgan fingerprint density at radius 3 is 2.33 bits per heavy atom. The molecule has 18 heavy (non-hydrogen) atoms. The molecule has 3 aromatic rings. The largest absolute Gasteiger partial charge is 0.383 e. The Hall–Kier alpha value is -2.35. The molecule has 0 saturated heterocycles. The lowest BCUT2D eigenvalue weighted by molar-refractivity contribution is 1.34. The Labute approximate surface area is 106 Å². The first-order valence-electron chi connectivity index (χ1n) is 5.97. The molecule has 88 valence electrons. The number of benzene rings is 2. The van der Waals surface area contributed by atoms with Gasteiger partial charge in [-0.25, -0.2) is 4.98 Å². The zero-order chi connectivity index (χ0) is 12.5. The van der Waals surface area contributed by atoms with Gasteiger partial charge in [0.1, 0.15) is 5.82 Å². The van der Waals surface area contributed by atoms with Gasteiger partial charge in [-0.2, -0.15) is 0 Å². The molecule has 0 spiro atoms. The van der Waals surface area contributed by atoms with E-state index < -0.39 is 0 Å². The minimum atomic E-state index is 0.604. The van der Waals surface area contributed by atoms with Gasteiger partial charge in [-0.15, -0.1) is 0 Å². The third-order valence-corrected chi connectivity index (χ3v) is 3.24. The van der Waals surface area contributed by atoms with Gasteiger partial charge in [-0.05, 0) is 29.7 Å². The smallest absolute Gasteiger partial charge is 0.127 e. The molecule has 0 aliphatic carbocycles. The van der Waals surface area contributed by atoms with Crippen LogP contribution in [0.15, 0.2) is 54.6 Å². The highest BCUT2D eigenvalue weighted by Crippen LogP contribution is 2.33. The van der Waals surface area contributed by atoms with E-state index in [2.05, 4.69) is 23.2 Å². The van der Waals surface area contributed by atoms with Crippen LogP contribution in [-0.4, -0.2) is 4.98 Å². The number of fused-ring (bicyclic) bond motifs is 1. The van der Waals surface area contributed by atoms with E-state index in [1.807, 2.05) is 43.3 Å². The standard InChI is InChI=1S/C16H14N2/c1-11-15(12-7-3-2-4-8-12)13-9-5-6-10-14(13)18-16(11)17/h2-10H,1H3,(H2,17,18). The number of hydrogen-bond acceptors (Lipinski definition) is 2. The normalized spacial score (nSPS) is 10.7. The minimum Gasteiger partial charge on any atom is -0.383 e. The van der Waals surface area contributed by atoms with Crippen LogP contribution in [0.5, 0.6) is 0 Å². The molecule has 0 atom stereocenters. The van der Waals surface area contributed by atoms with Crippen LogP contribution in [0.25, 0.3) is 22.0 Å². The first kappa shape index (κ1) is 10.8. The molecule has 0 unspecified atom stereocenters. The van der Waals surface area contributed by atoms with Gasteiger partial charge in [0.05, 0.1) is 5.52 Å². The summed E-state index contributed by atoms with van der Waals surface area (Å²) in [4.78, 5) is 4.44. The topological polar surface area (TPSA) is 38.9 Å². The van der Waals surface area contributed by atoms with Crippen molar-refractivity contribution in [2.24, 2.45) is 0 Å². The maximum atomic E-state index is 6.01. The Morgan fingerprint density at radius 2 is 1.56 bits per heavy atom. The molecular weight excluding hydrogens is 220 g/mol. The van der Waals surface area contributed by atoms with Crippen molar-refractivity contribution in [1.29, 1.82) is 0 Å². The van der Waals surface area contributed by atoms with E-state index in [-0.39, 0.29) is 0 Å². The van der Waals surface area contributed by atoms with E-state index >= 15 is 0 Å². The van der Waals surface area contributed by atoms with Crippen LogP contribution in [0.4, 0.5) is 5.82 Å². The fraction of sp³-hybridized carbons (Fsp3) is 0.0625. The summed E-state index contributed by atoms with van der Waals surface area (Å²) in [6, 6.07) is 18.4. The molecule has 2 aromatic carbocycles. The fourth-order valence-electron chi connectivity index (χ4n) is 2.30. The maximum Gasteiger partial charge on any atom is 0.127 e. The lowest BCUT2D eigenvalue weighted by Crippen LogP contribution is -1.98. The highest BCUT2D eigenvalue weighted by atomic mass is 14.8. The van der Waals surface area contributed by atoms with Crippen molar-refractivity contribution < 1.29 is 0 Å². The first-order chi connectivity index (χ1) is 8.77. The van der Waals surface area contributed by atoms with E-state index in [0.29, 0.717) is 5.82 Å². The molecule has 0 fully saturated rings. The molecule has 2 nitrogen and oxygen atoms in total. The predicted molar refractivity (Wildman–Crippen MR) is 76.3 cm³/mol. The predicted octanol–water partition coefficient (Wildman–Crippen LogP) is 3.79. The van der Waals surface area contributed by atoms with Crippen molar-refractivity contribution in [3.8, 4) is 11.1 Å². The molecule has 0 amide bonds. The van der Waals surface area contributed by atoms with Crippen molar-refractivity contribution >= 4 is 16.7 Å². The number of nitrogens with two attached hydrogens (primary N) is 1. The van der Waals surface area contributed by atoms with Gasteiger partial charge in [-0.1, -0.05) is 48.5 Å². The summed E-state index contributed by atoms with van der Waals surface area (Å²) in [6.45, 7) is 2.02. The number of rotatable bonds is 1. The molecule has 1 heterocycles. The Balaban J connectivity index is 2.43. The van der Waals surface area contributed by atoms with Crippen molar-refractivity contribution in [3.05, 3.63) is 60.2 Å². The molecule has 0 bridgehead atoms. The van der Waals surface area contributed by atoms with Crippen molar-refractivity contribution in [2.45, 2.75) is 6.92 Å². The molecule has 1 aromatic heterocycles. The van der Waals surface area contributed by atoms with E-state index in [1.165, 1.54) is 11.1 Å². The number of nitrogen functional groups attached to an aromatic ring is 1. The van der Waals surface area contributed by atoms with E-state index in [4.69, 9.17) is 5.73 Å². The number of para-hydroxylation sites is 1. The summed E-state index contributed by atoms with van der Waals surface area (Å²) in [5.74, 6) is 0.604. The van der Waals surface area contributed by atoms with Gasteiger partial charge < -0.3 is 5.73 Å². The van der Waals surface area contributed by atoms with Crippen molar-refractivity contribution in [1.82, 2.24) is 4.98 Å². The number of nitrogens with zero attached hydrogens (tertiary/aromatic N) is 1. The van der Waals surface area contributed by atoms with E-state index in [0.717, 1.165) is 16.5 Å². The fourth-order valence-corrected chi connectivity index (χ4v) is 2.30. The van der Waals surface area contributed by atoms with Crippen LogP contribution in [0.2, 0.25) is 0 Å². The Kier molecular flexibility index (Phi) is 2.49. The summed E-state index contributed by atoms with van der Waals surface area (Å²) in [5, 5.41) is 1.15. The maximum absolute atomic E-state index is 6.01. The number of anilines is 1. The van der Waals surface area contributed by atoms with Crippen molar-refractivity contribution in [3.63, 3.8) is 0 Å². The molecule has 2 N–H and O–H groups in total. The number of hydrogen-bond donors (Lipinski definition) is 1. The van der Waals surface area contributed by atoms with Crippen LogP contribution >= 0.6 is 0 Å². The monoisotopic (exact) mass is 234 g/mol. The molecule has 0 aliphatic heterocycles. The first-order valence-corrected chi connectivity index (χ1v) is 5.97. The van der Waals surface area contributed by atoms with Crippen molar-refractivity contribution in [2.75, 3.05) is 5.73 Å². The lowest BCUT2D eigenvalue weighted by atomic mass is 9.96. The number of aromatic nitrogens is 1. The van der Waals surface area contributed by atoms with Gasteiger partial charge in [0.15, 0.2) is 0 Å². The van der Waals surface area contributed by atoms with Gasteiger partial charge in [0.25, 0.3) is 0 Å². The zero-order valence-electron chi connectivity index (χ0n) is 10.2. The summed E-state index contributed by atoms with van der Waals surface area (Å²) in [5.41, 5.74) is 10.4. The second kappa shape index (κ2) is 4.15. The van der Waals surface area contributed by atoms with Crippen LogP contribution in [0, 0.1) is 6.92 Å². The highest BCUT2D eigenvalue weighted by Gasteiger charge is 2.10.